The smallest absolute Gasteiger partial charge is 0.120 e. The van der Waals surface area contributed by atoms with E-state index in [-0.39, 0.29) is 6.61 Å². The van der Waals surface area contributed by atoms with Crippen LogP contribution in [0.4, 0.5) is 5.69 Å². The highest BCUT2D eigenvalue weighted by Gasteiger charge is 2.09. The van der Waals surface area contributed by atoms with Gasteiger partial charge in [-0.15, -0.1) is 0 Å². The fourth-order valence-electron chi connectivity index (χ4n) is 2.05. The zero-order valence-electron chi connectivity index (χ0n) is 11.4. The van der Waals surface area contributed by atoms with Crippen molar-refractivity contribution in [3.63, 3.8) is 0 Å². The Morgan fingerprint density at radius 1 is 1.40 bits per heavy atom. The molecule has 2 rings (SSSR count). The zero-order chi connectivity index (χ0) is 14.7. The molecule has 4 nitrogen and oxygen atoms in total. The SMILES string of the molecule is Cc1c(CNc2cc(CO)ccc2Cl)cc(C#N)n1C. The number of aliphatic hydroxyl groups is 1. The summed E-state index contributed by atoms with van der Waals surface area (Å²) >= 11 is 6.12. The van der Waals surface area contributed by atoms with Gasteiger partial charge in [-0.3, -0.25) is 0 Å². The molecule has 104 valence electrons. The van der Waals surface area contributed by atoms with Crippen LogP contribution in [0.1, 0.15) is 22.5 Å². The summed E-state index contributed by atoms with van der Waals surface area (Å²) < 4.78 is 1.86. The summed E-state index contributed by atoms with van der Waals surface area (Å²) in [6.45, 7) is 2.54. The first-order chi connectivity index (χ1) is 9.56. The molecule has 1 aromatic carbocycles. The van der Waals surface area contributed by atoms with Gasteiger partial charge in [-0.2, -0.15) is 5.26 Å². The lowest BCUT2D eigenvalue weighted by Gasteiger charge is -2.10. The maximum Gasteiger partial charge on any atom is 0.120 e. The summed E-state index contributed by atoms with van der Waals surface area (Å²) in [7, 11) is 1.87. The molecular weight excluding hydrogens is 274 g/mol. The van der Waals surface area contributed by atoms with Crippen molar-refractivity contribution in [1.82, 2.24) is 4.57 Å². The highest BCUT2D eigenvalue weighted by atomic mass is 35.5. The first-order valence-electron chi connectivity index (χ1n) is 6.25. The first kappa shape index (κ1) is 14.4. The van der Waals surface area contributed by atoms with Crippen LogP contribution in [-0.4, -0.2) is 9.67 Å². The Bertz CT molecular complexity index is 670. The van der Waals surface area contributed by atoms with Gasteiger partial charge in [0.15, 0.2) is 0 Å². The quantitative estimate of drug-likeness (QED) is 0.910. The number of aromatic nitrogens is 1. The average Bonchev–Trinajstić information content (AvgIpc) is 2.74. The summed E-state index contributed by atoms with van der Waals surface area (Å²) in [6.07, 6.45) is 0. The Morgan fingerprint density at radius 3 is 2.75 bits per heavy atom. The Morgan fingerprint density at radius 2 is 2.15 bits per heavy atom. The third-order valence-electron chi connectivity index (χ3n) is 3.44. The molecule has 20 heavy (non-hydrogen) atoms. The molecule has 0 amide bonds. The predicted octanol–water partition coefficient (Wildman–Crippen LogP) is 2.96. The van der Waals surface area contributed by atoms with Crippen LogP contribution >= 0.6 is 11.6 Å². The van der Waals surface area contributed by atoms with Gasteiger partial charge in [0.2, 0.25) is 0 Å². The number of anilines is 1. The summed E-state index contributed by atoms with van der Waals surface area (Å²) in [5.41, 5.74) is 4.31. The van der Waals surface area contributed by atoms with Gasteiger partial charge < -0.3 is 15.0 Å². The number of rotatable bonds is 4. The van der Waals surface area contributed by atoms with Gasteiger partial charge in [0, 0.05) is 19.3 Å². The Balaban J connectivity index is 2.19. The highest BCUT2D eigenvalue weighted by molar-refractivity contribution is 6.33. The van der Waals surface area contributed by atoms with Crippen molar-refractivity contribution in [2.75, 3.05) is 5.32 Å². The van der Waals surface area contributed by atoms with Gasteiger partial charge in [-0.1, -0.05) is 17.7 Å². The lowest BCUT2D eigenvalue weighted by molar-refractivity contribution is 0.282. The van der Waals surface area contributed by atoms with E-state index >= 15 is 0 Å². The molecule has 1 aromatic heterocycles. The van der Waals surface area contributed by atoms with Crippen LogP contribution in [0.25, 0.3) is 0 Å². The first-order valence-corrected chi connectivity index (χ1v) is 6.63. The number of halogens is 1. The summed E-state index contributed by atoms with van der Waals surface area (Å²) in [6, 6.07) is 9.40. The van der Waals surface area contributed by atoms with E-state index in [9.17, 15) is 0 Å². The van der Waals surface area contributed by atoms with Gasteiger partial charge in [0.25, 0.3) is 0 Å². The minimum atomic E-state index is -0.0191. The van der Waals surface area contributed by atoms with E-state index in [1.165, 1.54) is 0 Å². The van der Waals surface area contributed by atoms with Crippen LogP contribution in [0.3, 0.4) is 0 Å². The van der Waals surface area contributed by atoms with E-state index in [2.05, 4.69) is 11.4 Å². The lowest BCUT2D eigenvalue weighted by atomic mass is 10.2. The second-order valence-electron chi connectivity index (χ2n) is 4.64. The van der Waals surface area contributed by atoms with E-state index in [4.69, 9.17) is 22.0 Å². The van der Waals surface area contributed by atoms with Crippen LogP contribution in [0, 0.1) is 18.3 Å². The van der Waals surface area contributed by atoms with Crippen LogP contribution < -0.4 is 5.32 Å². The number of nitrogens with one attached hydrogen (secondary N) is 1. The van der Waals surface area contributed by atoms with E-state index in [1.54, 1.807) is 12.1 Å². The van der Waals surface area contributed by atoms with Gasteiger partial charge >= 0.3 is 0 Å². The number of hydrogen-bond donors (Lipinski definition) is 2. The molecule has 2 aromatic rings. The van der Waals surface area contributed by atoms with Gasteiger partial charge in [0.1, 0.15) is 11.8 Å². The fraction of sp³-hybridized carbons (Fsp3) is 0.267. The maximum atomic E-state index is 9.14. The summed E-state index contributed by atoms with van der Waals surface area (Å²) in [5.74, 6) is 0. The van der Waals surface area contributed by atoms with Crippen molar-refractivity contribution in [3.8, 4) is 6.07 Å². The molecule has 0 saturated carbocycles. The Hall–Kier alpha value is -1.96. The Labute approximate surface area is 123 Å². The van der Waals surface area contributed by atoms with Gasteiger partial charge in [-0.25, -0.2) is 0 Å². The van der Waals surface area contributed by atoms with Crippen molar-refractivity contribution in [1.29, 1.82) is 5.26 Å². The topological polar surface area (TPSA) is 61.0 Å². The monoisotopic (exact) mass is 289 g/mol. The third kappa shape index (κ3) is 2.79. The van der Waals surface area contributed by atoms with Crippen molar-refractivity contribution in [3.05, 3.63) is 51.8 Å². The average molecular weight is 290 g/mol. The molecule has 0 saturated heterocycles. The van der Waals surface area contributed by atoms with Crippen LogP contribution in [0.5, 0.6) is 0 Å². The molecule has 0 aliphatic rings. The highest BCUT2D eigenvalue weighted by Crippen LogP contribution is 2.24. The van der Waals surface area contributed by atoms with Gasteiger partial charge in [0.05, 0.1) is 17.3 Å². The summed E-state index contributed by atoms with van der Waals surface area (Å²) in [5, 5.41) is 22.0. The van der Waals surface area contributed by atoms with Gasteiger partial charge in [-0.05, 0) is 36.2 Å². The second kappa shape index (κ2) is 6.00. The number of nitrogens with zero attached hydrogens (tertiary/aromatic N) is 2. The van der Waals surface area contributed by atoms with E-state index in [0.717, 1.165) is 22.5 Å². The molecule has 0 bridgehead atoms. The Kier molecular flexibility index (Phi) is 4.33. The molecule has 1 heterocycles. The molecule has 0 aliphatic heterocycles. The third-order valence-corrected chi connectivity index (χ3v) is 3.77. The number of benzene rings is 1. The van der Waals surface area contributed by atoms with Crippen LogP contribution in [0.15, 0.2) is 24.3 Å². The van der Waals surface area contributed by atoms with Crippen molar-refractivity contribution < 1.29 is 5.11 Å². The molecule has 0 unspecified atom stereocenters. The van der Waals surface area contributed by atoms with Crippen LogP contribution in [0.2, 0.25) is 5.02 Å². The van der Waals surface area contributed by atoms with Crippen molar-refractivity contribution in [2.24, 2.45) is 7.05 Å². The molecule has 0 fully saturated rings. The molecule has 0 radical (unpaired) electrons. The second-order valence-corrected chi connectivity index (χ2v) is 5.04. The minimum Gasteiger partial charge on any atom is -0.392 e. The predicted molar refractivity (Wildman–Crippen MR) is 79.6 cm³/mol. The van der Waals surface area contributed by atoms with Crippen LogP contribution in [-0.2, 0) is 20.2 Å². The molecule has 5 heteroatoms. The standard InChI is InChI=1S/C15H16ClN3O/c1-10-12(6-13(7-17)19(10)2)8-18-15-5-11(9-20)3-4-14(15)16/h3-6,18,20H,8-9H2,1-2H3. The molecule has 0 atom stereocenters. The molecular formula is C15H16ClN3O. The molecule has 0 aliphatic carbocycles. The zero-order valence-corrected chi connectivity index (χ0v) is 12.2. The maximum absolute atomic E-state index is 9.14. The molecule has 0 spiro atoms. The fourth-order valence-corrected chi connectivity index (χ4v) is 2.23. The lowest BCUT2D eigenvalue weighted by Crippen LogP contribution is -2.02. The van der Waals surface area contributed by atoms with Crippen molar-refractivity contribution >= 4 is 17.3 Å². The largest absolute Gasteiger partial charge is 0.392 e. The van der Waals surface area contributed by atoms with E-state index < -0.39 is 0 Å². The summed E-state index contributed by atoms with van der Waals surface area (Å²) in [4.78, 5) is 0. The van der Waals surface area contributed by atoms with Crippen molar-refractivity contribution in [2.45, 2.75) is 20.1 Å². The number of nitriles is 1. The minimum absolute atomic E-state index is 0.0191. The van der Waals surface area contributed by atoms with E-state index in [0.29, 0.717) is 17.3 Å². The normalized spacial score (nSPS) is 10.3. The number of hydrogen-bond acceptors (Lipinski definition) is 3. The molecule has 2 N–H and O–H groups in total. The number of aliphatic hydroxyl groups excluding tert-OH is 1. The van der Waals surface area contributed by atoms with E-state index in [1.807, 2.05) is 30.7 Å².